The molecule has 0 unspecified atom stereocenters. The molecule has 0 saturated heterocycles. The number of thiazole rings is 1. The van der Waals surface area contributed by atoms with Gasteiger partial charge in [0.05, 0.1) is 5.03 Å². The van der Waals surface area contributed by atoms with Crippen molar-refractivity contribution in [2.45, 2.75) is 11.9 Å². The molecular weight excluding hydrogens is 254 g/mol. The van der Waals surface area contributed by atoms with Crippen LogP contribution in [0.2, 0.25) is 0 Å². The third kappa shape index (κ3) is 3.04. The van der Waals surface area contributed by atoms with Gasteiger partial charge in [-0.25, -0.2) is 9.97 Å². The van der Waals surface area contributed by atoms with E-state index >= 15 is 0 Å². The minimum absolute atomic E-state index is 0.156. The van der Waals surface area contributed by atoms with Gasteiger partial charge in [-0.2, -0.15) is 0 Å². The van der Waals surface area contributed by atoms with Crippen LogP contribution in [0.4, 0.5) is 5.13 Å². The zero-order valence-corrected chi connectivity index (χ0v) is 11.1. The van der Waals surface area contributed by atoms with Crippen LogP contribution in [0.15, 0.2) is 29.6 Å². The first-order valence-electron chi connectivity index (χ1n) is 4.93. The molecule has 0 atom stereocenters. The number of amides is 1. The number of aromatic nitrogens is 2. The van der Waals surface area contributed by atoms with Crippen LogP contribution < -0.4 is 5.32 Å². The number of nitrogens with zero attached hydrogens (tertiary/aromatic N) is 2. The van der Waals surface area contributed by atoms with Crippen molar-refractivity contribution in [1.29, 1.82) is 0 Å². The van der Waals surface area contributed by atoms with Crippen molar-refractivity contribution in [2.75, 3.05) is 11.6 Å². The smallest absolute Gasteiger partial charge is 0.257 e. The highest BCUT2D eigenvalue weighted by Gasteiger charge is 2.08. The van der Waals surface area contributed by atoms with E-state index in [1.54, 1.807) is 24.5 Å². The molecule has 0 bridgehead atoms. The minimum Gasteiger partial charge on any atom is -0.298 e. The molecule has 6 heteroatoms. The summed E-state index contributed by atoms with van der Waals surface area (Å²) in [5, 5.41) is 4.21. The molecule has 2 heterocycles. The molecule has 2 aromatic heterocycles. The molecule has 1 N–H and O–H groups in total. The highest BCUT2D eigenvalue weighted by atomic mass is 32.2. The van der Waals surface area contributed by atoms with E-state index in [1.807, 2.05) is 13.2 Å². The largest absolute Gasteiger partial charge is 0.298 e. The van der Waals surface area contributed by atoms with E-state index in [4.69, 9.17) is 0 Å². The fraction of sp³-hybridized carbons (Fsp3) is 0.182. The molecule has 17 heavy (non-hydrogen) atoms. The lowest BCUT2D eigenvalue weighted by molar-refractivity contribution is 0.102. The van der Waals surface area contributed by atoms with Crippen molar-refractivity contribution < 1.29 is 4.79 Å². The molecule has 2 rings (SSSR count). The third-order valence-corrected chi connectivity index (χ3v) is 3.52. The summed E-state index contributed by atoms with van der Waals surface area (Å²) in [7, 11) is 0. The van der Waals surface area contributed by atoms with Crippen molar-refractivity contribution in [3.05, 3.63) is 35.0 Å². The van der Waals surface area contributed by atoms with Crippen LogP contribution in [-0.4, -0.2) is 22.1 Å². The van der Waals surface area contributed by atoms with Crippen molar-refractivity contribution in [2.24, 2.45) is 0 Å². The van der Waals surface area contributed by atoms with E-state index in [9.17, 15) is 4.79 Å². The maximum Gasteiger partial charge on any atom is 0.257 e. The van der Waals surface area contributed by atoms with E-state index in [0.29, 0.717) is 10.7 Å². The van der Waals surface area contributed by atoms with Crippen LogP contribution in [-0.2, 0) is 0 Å². The zero-order chi connectivity index (χ0) is 12.3. The van der Waals surface area contributed by atoms with Gasteiger partial charge in [-0.1, -0.05) is 0 Å². The first kappa shape index (κ1) is 12.1. The Morgan fingerprint density at radius 2 is 2.29 bits per heavy atom. The molecule has 0 fully saturated rings. The standard InChI is InChI=1S/C11H11N3OS2/c1-7-6-13-11(17-7)14-10(15)8-3-4-12-9(5-8)16-2/h3-6H,1-2H3,(H,13,14,15). The van der Waals surface area contributed by atoms with Gasteiger partial charge in [-0.3, -0.25) is 10.1 Å². The van der Waals surface area contributed by atoms with Gasteiger partial charge >= 0.3 is 0 Å². The number of aryl methyl sites for hydroxylation is 1. The first-order chi connectivity index (χ1) is 8.19. The average Bonchev–Trinajstić information content (AvgIpc) is 2.75. The number of hydrogen-bond donors (Lipinski definition) is 1. The van der Waals surface area contributed by atoms with Crippen LogP contribution in [0.25, 0.3) is 0 Å². The summed E-state index contributed by atoms with van der Waals surface area (Å²) in [5.74, 6) is -0.156. The maximum absolute atomic E-state index is 11.9. The van der Waals surface area contributed by atoms with Gasteiger partial charge < -0.3 is 0 Å². The Labute approximate surface area is 107 Å². The van der Waals surface area contributed by atoms with Crippen LogP contribution in [0, 0.1) is 6.92 Å². The molecule has 0 aliphatic heterocycles. The van der Waals surface area contributed by atoms with Gasteiger partial charge in [-0.15, -0.1) is 23.1 Å². The molecule has 1 amide bonds. The fourth-order valence-corrected chi connectivity index (χ4v) is 2.31. The maximum atomic E-state index is 11.9. The van der Waals surface area contributed by atoms with Crippen LogP contribution in [0.5, 0.6) is 0 Å². The predicted octanol–water partition coefficient (Wildman–Crippen LogP) is 2.82. The Hall–Kier alpha value is -1.40. The second kappa shape index (κ2) is 5.29. The van der Waals surface area contributed by atoms with Gasteiger partial charge in [0.2, 0.25) is 0 Å². The number of carbonyl (C=O) groups excluding carboxylic acids is 1. The van der Waals surface area contributed by atoms with Gasteiger partial charge in [0.15, 0.2) is 5.13 Å². The van der Waals surface area contributed by atoms with Crippen molar-refractivity contribution >= 4 is 34.1 Å². The molecule has 2 aromatic rings. The molecule has 4 nitrogen and oxygen atoms in total. The highest BCUT2D eigenvalue weighted by molar-refractivity contribution is 7.98. The van der Waals surface area contributed by atoms with E-state index < -0.39 is 0 Å². The second-order valence-corrected chi connectivity index (χ2v) is 5.38. The molecule has 0 aliphatic carbocycles. The Bertz CT molecular complexity index is 539. The Balaban J connectivity index is 2.14. The van der Waals surface area contributed by atoms with E-state index in [-0.39, 0.29) is 5.91 Å². The summed E-state index contributed by atoms with van der Waals surface area (Å²) >= 11 is 2.96. The number of thioether (sulfide) groups is 1. The molecule has 0 saturated carbocycles. The normalized spacial score (nSPS) is 10.2. The monoisotopic (exact) mass is 265 g/mol. The van der Waals surface area contributed by atoms with Crippen LogP contribution in [0.3, 0.4) is 0 Å². The molecule has 88 valence electrons. The lowest BCUT2D eigenvalue weighted by Gasteiger charge is -2.02. The average molecular weight is 265 g/mol. The Morgan fingerprint density at radius 3 is 2.94 bits per heavy atom. The van der Waals surface area contributed by atoms with Crippen LogP contribution >= 0.6 is 23.1 Å². The summed E-state index contributed by atoms with van der Waals surface area (Å²) in [6.45, 7) is 1.95. The predicted molar refractivity (Wildman–Crippen MR) is 70.8 cm³/mol. The van der Waals surface area contributed by atoms with Crippen molar-refractivity contribution in [1.82, 2.24) is 9.97 Å². The fourth-order valence-electron chi connectivity index (χ4n) is 1.24. The van der Waals surface area contributed by atoms with E-state index in [0.717, 1.165) is 9.90 Å². The van der Waals surface area contributed by atoms with Gasteiger partial charge in [0.25, 0.3) is 5.91 Å². The van der Waals surface area contributed by atoms with Crippen molar-refractivity contribution in [3.63, 3.8) is 0 Å². The lowest BCUT2D eigenvalue weighted by atomic mass is 10.2. The number of nitrogens with one attached hydrogen (secondary N) is 1. The van der Waals surface area contributed by atoms with Crippen molar-refractivity contribution in [3.8, 4) is 0 Å². The summed E-state index contributed by atoms with van der Waals surface area (Å²) in [6, 6.07) is 3.45. The minimum atomic E-state index is -0.156. The van der Waals surface area contributed by atoms with E-state index in [1.165, 1.54) is 23.1 Å². The summed E-state index contributed by atoms with van der Waals surface area (Å²) in [6.07, 6.45) is 5.29. The summed E-state index contributed by atoms with van der Waals surface area (Å²) in [4.78, 5) is 21.2. The quantitative estimate of drug-likeness (QED) is 0.867. The Kier molecular flexibility index (Phi) is 3.75. The summed E-state index contributed by atoms with van der Waals surface area (Å²) in [5.41, 5.74) is 0.595. The summed E-state index contributed by atoms with van der Waals surface area (Å²) < 4.78 is 0. The number of anilines is 1. The van der Waals surface area contributed by atoms with E-state index in [2.05, 4.69) is 15.3 Å². The molecule has 0 aliphatic rings. The SMILES string of the molecule is CSc1cc(C(=O)Nc2ncc(C)s2)ccn1. The molecular formula is C11H11N3OS2. The van der Waals surface area contributed by atoms with Gasteiger partial charge in [0.1, 0.15) is 0 Å². The molecule has 0 spiro atoms. The van der Waals surface area contributed by atoms with Crippen LogP contribution in [0.1, 0.15) is 15.2 Å². The number of pyridine rings is 1. The Morgan fingerprint density at radius 1 is 1.47 bits per heavy atom. The number of rotatable bonds is 3. The number of carbonyl (C=O) groups is 1. The lowest BCUT2D eigenvalue weighted by Crippen LogP contribution is -2.11. The second-order valence-electron chi connectivity index (χ2n) is 3.32. The number of hydrogen-bond acceptors (Lipinski definition) is 5. The van der Waals surface area contributed by atoms with Gasteiger partial charge in [0, 0.05) is 22.8 Å². The zero-order valence-electron chi connectivity index (χ0n) is 9.43. The molecule has 0 radical (unpaired) electrons. The third-order valence-electron chi connectivity index (χ3n) is 2.05. The first-order valence-corrected chi connectivity index (χ1v) is 6.97. The topological polar surface area (TPSA) is 54.9 Å². The molecule has 0 aromatic carbocycles. The highest BCUT2D eigenvalue weighted by Crippen LogP contribution is 2.18. The van der Waals surface area contributed by atoms with Gasteiger partial charge in [-0.05, 0) is 25.3 Å².